The highest BCUT2D eigenvalue weighted by atomic mass is 32.1. The van der Waals surface area contributed by atoms with Gasteiger partial charge in [0.25, 0.3) is 5.91 Å². The minimum absolute atomic E-state index is 0.0479. The maximum absolute atomic E-state index is 12.8. The molecule has 24 heavy (non-hydrogen) atoms. The number of hydrogen-bond acceptors (Lipinski definition) is 4. The van der Waals surface area contributed by atoms with Crippen molar-refractivity contribution in [2.24, 2.45) is 5.92 Å². The van der Waals surface area contributed by atoms with Crippen LogP contribution in [0.4, 0.5) is 0 Å². The Balaban J connectivity index is 1.74. The first kappa shape index (κ1) is 16.9. The third kappa shape index (κ3) is 3.29. The van der Waals surface area contributed by atoms with Gasteiger partial charge in [-0.3, -0.25) is 9.59 Å². The standard InChI is InChI=1S/C18H23N3O2S/c1-3-20(4-2)17(22)13-8-7-11-21(12-13)18(23)16-19-14-9-5-6-10-15(14)24-16/h5-6,9-10,13H,3-4,7-8,11-12H2,1-2H3/t13-/m1/s1. The number of nitrogens with zero attached hydrogens (tertiary/aromatic N) is 3. The Bertz CT molecular complexity index is 706. The molecule has 1 aromatic heterocycles. The van der Waals surface area contributed by atoms with Gasteiger partial charge in [-0.15, -0.1) is 11.3 Å². The second-order valence-electron chi connectivity index (χ2n) is 6.09. The summed E-state index contributed by atoms with van der Waals surface area (Å²) in [5.74, 6) is 0.0343. The molecule has 1 aliphatic rings. The highest BCUT2D eigenvalue weighted by Gasteiger charge is 2.31. The SMILES string of the molecule is CCN(CC)C(=O)[C@@H]1CCCN(C(=O)c2nc3ccccc3s2)C1. The lowest BCUT2D eigenvalue weighted by atomic mass is 9.96. The van der Waals surface area contributed by atoms with Crippen LogP contribution in [-0.4, -0.2) is 52.8 Å². The van der Waals surface area contributed by atoms with Crippen molar-refractivity contribution in [3.63, 3.8) is 0 Å². The molecule has 1 aliphatic heterocycles. The van der Waals surface area contributed by atoms with Crippen LogP contribution in [0.2, 0.25) is 0 Å². The van der Waals surface area contributed by atoms with Gasteiger partial charge in [-0.2, -0.15) is 0 Å². The zero-order chi connectivity index (χ0) is 17.1. The summed E-state index contributed by atoms with van der Waals surface area (Å²) in [4.78, 5) is 33.5. The fourth-order valence-corrected chi connectivity index (χ4v) is 4.19. The van der Waals surface area contributed by atoms with Crippen molar-refractivity contribution in [2.75, 3.05) is 26.2 Å². The second-order valence-corrected chi connectivity index (χ2v) is 7.12. The van der Waals surface area contributed by atoms with Crippen LogP contribution in [0.25, 0.3) is 10.2 Å². The predicted molar refractivity (Wildman–Crippen MR) is 96.2 cm³/mol. The predicted octanol–water partition coefficient (Wildman–Crippen LogP) is 3.02. The van der Waals surface area contributed by atoms with Crippen molar-refractivity contribution in [2.45, 2.75) is 26.7 Å². The maximum Gasteiger partial charge on any atom is 0.282 e. The Labute approximate surface area is 146 Å². The highest BCUT2D eigenvalue weighted by molar-refractivity contribution is 7.20. The van der Waals surface area contributed by atoms with Gasteiger partial charge in [-0.25, -0.2) is 4.98 Å². The number of rotatable bonds is 4. The molecule has 0 N–H and O–H groups in total. The van der Waals surface area contributed by atoms with Gasteiger partial charge in [0, 0.05) is 26.2 Å². The van der Waals surface area contributed by atoms with Crippen LogP contribution in [0, 0.1) is 5.92 Å². The highest BCUT2D eigenvalue weighted by Crippen LogP contribution is 2.25. The van der Waals surface area contributed by atoms with Gasteiger partial charge in [-0.1, -0.05) is 12.1 Å². The number of hydrogen-bond donors (Lipinski definition) is 0. The molecule has 6 heteroatoms. The van der Waals surface area contributed by atoms with E-state index in [0.717, 1.165) is 36.1 Å². The van der Waals surface area contributed by atoms with Crippen LogP contribution < -0.4 is 0 Å². The molecule has 3 rings (SSSR count). The number of fused-ring (bicyclic) bond motifs is 1. The summed E-state index contributed by atoms with van der Waals surface area (Å²) in [5, 5.41) is 0.520. The van der Waals surface area contributed by atoms with E-state index in [0.29, 0.717) is 18.1 Å². The summed E-state index contributed by atoms with van der Waals surface area (Å²) in [6, 6.07) is 7.78. The number of para-hydroxylation sites is 1. The molecule has 2 amide bonds. The van der Waals surface area contributed by atoms with Crippen molar-refractivity contribution in [3.8, 4) is 0 Å². The molecule has 0 aliphatic carbocycles. The molecular formula is C18H23N3O2S. The summed E-state index contributed by atoms with van der Waals surface area (Å²) < 4.78 is 1.02. The number of aromatic nitrogens is 1. The topological polar surface area (TPSA) is 53.5 Å². The monoisotopic (exact) mass is 345 g/mol. The van der Waals surface area contributed by atoms with Crippen molar-refractivity contribution < 1.29 is 9.59 Å². The number of benzene rings is 1. The molecule has 128 valence electrons. The van der Waals surface area contributed by atoms with E-state index in [1.807, 2.05) is 43.0 Å². The molecule has 1 fully saturated rings. The fraction of sp³-hybridized carbons (Fsp3) is 0.500. The van der Waals surface area contributed by atoms with Gasteiger partial charge in [0.1, 0.15) is 0 Å². The first-order valence-electron chi connectivity index (χ1n) is 8.57. The zero-order valence-corrected chi connectivity index (χ0v) is 15.0. The van der Waals surface area contributed by atoms with Gasteiger partial charge >= 0.3 is 0 Å². The van der Waals surface area contributed by atoms with E-state index >= 15 is 0 Å². The zero-order valence-electron chi connectivity index (χ0n) is 14.2. The Morgan fingerprint density at radius 3 is 2.75 bits per heavy atom. The number of amides is 2. The molecule has 0 bridgehead atoms. The fourth-order valence-electron chi connectivity index (χ4n) is 3.26. The van der Waals surface area contributed by atoms with E-state index in [1.165, 1.54) is 11.3 Å². The van der Waals surface area contributed by atoms with Crippen LogP contribution in [0.5, 0.6) is 0 Å². The van der Waals surface area contributed by atoms with Crippen molar-refractivity contribution >= 4 is 33.4 Å². The third-order valence-corrected chi connectivity index (χ3v) is 5.63. The number of carbonyl (C=O) groups excluding carboxylic acids is 2. The first-order valence-corrected chi connectivity index (χ1v) is 9.39. The molecule has 2 heterocycles. The quantitative estimate of drug-likeness (QED) is 0.856. The summed E-state index contributed by atoms with van der Waals surface area (Å²) in [5.41, 5.74) is 0.860. The average molecular weight is 345 g/mol. The summed E-state index contributed by atoms with van der Waals surface area (Å²) in [7, 11) is 0. The first-order chi connectivity index (χ1) is 11.6. The Hall–Kier alpha value is -1.95. The Morgan fingerprint density at radius 2 is 2.04 bits per heavy atom. The van der Waals surface area contributed by atoms with E-state index in [4.69, 9.17) is 0 Å². The molecular weight excluding hydrogens is 322 g/mol. The average Bonchev–Trinajstić information content (AvgIpc) is 3.06. The van der Waals surface area contributed by atoms with Gasteiger partial charge in [0.15, 0.2) is 5.01 Å². The van der Waals surface area contributed by atoms with Gasteiger partial charge in [0.2, 0.25) is 5.91 Å². The largest absolute Gasteiger partial charge is 0.343 e. The normalized spacial score (nSPS) is 17.9. The molecule has 1 atom stereocenters. The van der Waals surface area contributed by atoms with Crippen LogP contribution in [0.15, 0.2) is 24.3 Å². The Kier molecular flexibility index (Phi) is 5.14. The minimum Gasteiger partial charge on any atom is -0.343 e. The number of thiazole rings is 1. The molecule has 0 radical (unpaired) electrons. The van der Waals surface area contributed by atoms with E-state index in [1.54, 1.807) is 4.90 Å². The minimum atomic E-state index is -0.0861. The molecule has 1 aromatic carbocycles. The number of piperidine rings is 1. The van der Waals surface area contributed by atoms with Gasteiger partial charge < -0.3 is 9.80 Å². The van der Waals surface area contributed by atoms with Crippen LogP contribution in [-0.2, 0) is 4.79 Å². The van der Waals surface area contributed by atoms with E-state index in [9.17, 15) is 9.59 Å². The maximum atomic E-state index is 12.8. The van der Waals surface area contributed by atoms with E-state index < -0.39 is 0 Å². The van der Waals surface area contributed by atoms with Crippen molar-refractivity contribution in [3.05, 3.63) is 29.3 Å². The van der Waals surface area contributed by atoms with Crippen molar-refractivity contribution in [1.29, 1.82) is 0 Å². The summed E-state index contributed by atoms with van der Waals surface area (Å²) in [6.07, 6.45) is 1.73. The number of carbonyl (C=O) groups is 2. The number of likely N-dealkylation sites (tertiary alicyclic amines) is 1. The van der Waals surface area contributed by atoms with E-state index in [-0.39, 0.29) is 17.7 Å². The Morgan fingerprint density at radius 1 is 1.29 bits per heavy atom. The van der Waals surface area contributed by atoms with E-state index in [2.05, 4.69) is 4.98 Å². The second kappa shape index (κ2) is 7.30. The third-order valence-electron chi connectivity index (χ3n) is 4.61. The molecule has 0 unspecified atom stereocenters. The lowest BCUT2D eigenvalue weighted by Gasteiger charge is -2.34. The van der Waals surface area contributed by atoms with Crippen LogP contribution in [0.1, 0.15) is 36.5 Å². The summed E-state index contributed by atoms with van der Waals surface area (Å²) in [6.45, 7) is 6.64. The van der Waals surface area contributed by atoms with Gasteiger partial charge in [-0.05, 0) is 38.8 Å². The molecule has 0 saturated carbocycles. The van der Waals surface area contributed by atoms with Gasteiger partial charge in [0.05, 0.1) is 16.1 Å². The molecule has 5 nitrogen and oxygen atoms in total. The molecule has 1 saturated heterocycles. The summed E-state index contributed by atoms with van der Waals surface area (Å²) >= 11 is 1.43. The smallest absolute Gasteiger partial charge is 0.282 e. The van der Waals surface area contributed by atoms with Crippen LogP contribution in [0.3, 0.4) is 0 Å². The lowest BCUT2D eigenvalue weighted by molar-refractivity contribution is -0.136. The lowest BCUT2D eigenvalue weighted by Crippen LogP contribution is -2.46. The molecule has 0 spiro atoms. The van der Waals surface area contributed by atoms with Crippen LogP contribution >= 0.6 is 11.3 Å². The van der Waals surface area contributed by atoms with Crippen molar-refractivity contribution in [1.82, 2.24) is 14.8 Å². The molecule has 2 aromatic rings.